The van der Waals surface area contributed by atoms with Gasteiger partial charge in [-0.2, -0.15) is 0 Å². The molecule has 2 amide bonds. The molecule has 0 unspecified atom stereocenters. The van der Waals surface area contributed by atoms with Crippen molar-refractivity contribution in [3.8, 4) is 0 Å². The molecule has 6 nitrogen and oxygen atoms in total. The first kappa shape index (κ1) is 14.0. The van der Waals surface area contributed by atoms with Gasteiger partial charge in [-0.15, -0.1) is 0 Å². The van der Waals surface area contributed by atoms with Crippen LogP contribution >= 0.6 is 0 Å². The Hall–Kier alpha value is -2.11. The molecule has 1 rings (SSSR count). The third-order valence-electron chi connectivity index (χ3n) is 2.26. The lowest BCUT2D eigenvalue weighted by molar-refractivity contribution is -0.118. The van der Waals surface area contributed by atoms with Gasteiger partial charge in [0.1, 0.15) is 5.82 Å². The summed E-state index contributed by atoms with van der Waals surface area (Å²) in [5.74, 6) is 0.367. The van der Waals surface area contributed by atoms with Gasteiger partial charge in [0.05, 0.1) is 0 Å². The number of carbonyl (C=O) groups is 2. The molecule has 18 heavy (non-hydrogen) atoms. The summed E-state index contributed by atoms with van der Waals surface area (Å²) in [6.45, 7) is 4.08. The lowest BCUT2D eigenvalue weighted by Gasteiger charge is -2.08. The molecular formula is C12H18N4O2. The smallest absolute Gasteiger partial charge is 0.251 e. The van der Waals surface area contributed by atoms with Gasteiger partial charge < -0.3 is 16.0 Å². The molecule has 0 saturated heterocycles. The summed E-state index contributed by atoms with van der Waals surface area (Å²) < 4.78 is 0. The molecule has 6 heteroatoms. The Labute approximate surface area is 106 Å². The van der Waals surface area contributed by atoms with E-state index in [1.54, 1.807) is 19.2 Å². The van der Waals surface area contributed by atoms with Crippen molar-refractivity contribution in [3.63, 3.8) is 0 Å². The molecule has 98 valence electrons. The van der Waals surface area contributed by atoms with E-state index in [-0.39, 0.29) is 11.8 Å². The first-order valence-corrected chi connectivity index (χ1v) is 5.72. The summed E-state index contributed by atoms with van der Waals surface area (Å²) in [4.78, 5) is 26.7. The molecule has 0 aliphatic rings. The van der Waals surface area contributed by atoms with Gasteiger partial charge in [-0.25, -0.2) is 4.98 Å². The zero-order chi connectivity index (χ0) is 13.5. The van der Waals surface area contributed by atoms with Crippen LogP contribution in [0.15, 0.2) is 12.1 Å². The van der Waals surface area contributed by atoms with Crippen LogP contribution in [0.2, 0.25) is 0 Å². The number of carbonyl (C=O) groups excluding carboxylic acids is 2. The maximum Gasteiger partial charge on any atom is 0.251 e. The van der Waals surface area contributed by atoms with Crippen molar-refractivity contribution in [1.29, 1.82) is 0 Å². The minimum absolute atomic E-state index is 0.110. The molecule has 0 radical (unpaired) electrons. The first-order valence-electron chi connectivity index (χ1n) is 5.72. The predicted octanol–water partition coefficient (Wildman–Crippen LogP) is 0.298. The number of aryl methyl sites for hydroxylation is 1. The topological polar surface area (TPSA) is 83.1 Å². The van der Waals surface area contributed by atoms with Crippen molar-refractivity contribution in [3.05, 3.63) is 23.4 Å². The number of nitrogens with zero attached hydrogens (tertiary/aromatic N) is 1. The molecule has 1 heterocycles. The molecule has 0 spiro atoms. The van der Waals surface area contributed by atoms with E-state index in [0.29, 0.717) is 24.5 Å². The van der Waals surface area contributed by atoms with Crippen LogP contribution in [0, 0.1) is 6.92 Å². The van der Waals surface area contributed by atoms with Crippen molar-refractivity contribution in [2.24, 2.45) is 0 Å². The van der Waals surface area contributed by atoms with Crippen molar-refractivity contribution in [2.75, 3.05) is 25.5 Å². The van der Waals surface area contributed by atoms with E-state index in [1.165, 1.54) is 6.92 Å². The van der Waals surface area contributed by atoms with Crippen molar-refractivity contribution >= 4 is 17.6 Å². The van der Waals surface area contributed by atoms with Crippen LogP contribution in [-0.2, 0) is 4.79 Å². The van der Waals surface area contributed by atoms with Crippen molar-refractivity contribution in [2.45, 2.75) is 13.8 Å². The monoisotopic (exact) mass is 250 g/mol. The second-order valence-corrected chi connectivity index (χ2v) is 3.87. The lowest BCUT2D eigenvalue weighted by Crippen LogP contribution is -2.33. The summed E-state index contributed by atoms with van der Waals surface area (Å²) in [7, 11) is 1.75. The van der Waals surface area contributed by atoms with Gasteiger partial charge >= 0.3 is 0 Å². The van der Waals surface area contributed by atoms with Crippen LogP contribution in [0.4, 0.5) is 5.82 Å². The Balaban J connectivity index is 2.55. The fourth-order valence-corrected chi connectivity index (χ4v) is 1.44. The summed E-state index contributed by atoms with van der Waals surface area (Å²) in [6.07, 6.45) is 0. The summed E-state index contributed by atoms with van der Waals surface area (Å²) >= 11 is 0. The average molecular weight is 250 g/mol. The fraction of sp³-hybridized carbons (Fsp3) is 0.417. The number of hydrogen-bond donors (Lipinski definition) is 3. The Morgan fingerprint density at radius 2 is 1.89 bits per heavy atom. The molecule has 0 fully saturated rings. The summed E-state index contributed by atoms with van der Waals surface area (Å²) in [5, 5.41) is 8.23. The molecule has 0 saturated carbocycles. The first-order chi connectivity index (χ1) is 8.52. The van der Waals surface area contributed by atoms with Crippen molar-refractivity contribution < 1.29 is 9.59 Å². The molecule has 0 bridgehead atoms. The fourth-order valence-electron chi connectivity index (χ4n) is 1.44. The normalized spacial score (nSPS) is 9.72. The van der Waals surface area contributed by atoms with E-state index in [1.807, 2.05) is 6.92 Å². The van der Waals surface area contributed by atoms with Crippen LogP contribution in [0.3, 0.4) is 0 Å². The van der Waals surface area contributed by atoms with Gasteiger partial charge in [-0.05, 0) is 19.1 Å². The van der Waals surface area contributed by atoms with E-state index in [0.717, 1.165) is 5.69 Å². The second kappa shape index (κ2) is 6.58. The van der Waals surface area contributed by atoms with E-state index in [4.69, 9.17) is 0 Å². The maximum atomic E-state index is 11.8. The highest BCUT2D eigenvalue weighted by molar-refractivity contribution is 5.95. The number of anilines is 1. The van der Waals surface area contributed by atoms with Crippen LogP contribution in [-0.4, -0.2) is 36.9 Å². The molecular weight excluding hydrogens is 232 g/mol. The zero-order valence-electron chi connectivity index (χ0n) is 10.8. The van der Waals surface area contributed by atoms with Gasteiger partial charge in [0, 0.05) is 38.3 Å². The second-order valence-electron chi connectivity index (χ2n) is 3.87. The molecule has 0 atom stereocenters. The largest absolute Gasteiger partial charge is 0.373 e. The highest BCUT2D eigenvalue weighted by Crippen LogP contribution is 2.09. The Kier molecular flexibility index (Phi) is 5.10. The van der Waals surface area contributed by atoms with Gasteiger partial charge in [0.25, 0.3) is 5.91 Å². The molecule has 0 aliphatic heterocycles. The molecule has 1 aromatic rings. The number of pyridine rings is 1. The van der Waals surface area contributed by atoms with E-state index in [2.05, 4.69) is 20.9 Å². The van der Waals surface area contributed by atoms with Crippen molar-refractivity contribution in [1.82, 2.24) is 15.6 Å². The Morgan fingerprint density at radius 3 is 2.50 bits per heavy atom. The Morgan fingerprint density at radius 1 is 1.22 bits per heavy atom. The molecule has 3 N–H and O–H groups in total. The maximum absolute atomic E-state index is 11.8. The SMILES string of the molecule is CNc1cc(C(=O)NCCNC(C)=O)cc(C)n1. The van der Waals surface area contributed by atoms with Crippen LogP contribution in [0.5, 0.6) is 0 Å². The standard InChI is InChI=1S/C12H18N4O2/c1-8-6-10(7-11(13-3)16-8)12(18)15-5-4-14-9(2)17/h6-7H,4-5H2,1-3H3,(H,13,16)(H,14,17)(H,15,18). The number of amides is 2. The predicted molar refractivity (Wildman–Crippen MR) is 69.5 cm³/mol. The molecule has 0 aromatic carbocycles. The minimum atomic E-state index is -0.178. The minimum Gasteiger partial charge on any atom is -0.373 e. The Bertz CT molecular complexity index is 446. The zero-order valence-corrected chi connectivity index (χ0v) is 10.8. The molecule has 0 aliphatic carbocycles. The third-order valence-corrected chi connectivity index (χ3v) is 2.26. The van der Waals surface area contributed by atoms with E-state index in [9.17, 15) is 9.59 Å². The van der Waals surface area contributed by atoms with Gasteiger partial charge in [0.2, 0.25) is 5.91 Å². The number of hydrogen-bond acceptors (Lipinski definition) is 4. The molecule has 1 aromatic heterocycles. The van der Waals surface area contributed by atoms with Crippen LogP contribution in [0.25, 0.3) is 0 Å². The van der Waals surface area contributed by atoms with E-state index < -0.39 is 0 Å². The third kappa shape index (κ3) is 4.40. The number of nitrogens with one attached hydrogen (secondary N) is 3. The highest BCUT2D eigenvalue weighted by Gasteiger charge is 2.07. The number of aromatic nitrogens is 1. The number of rotatable bonds is 5. The quantitative estimate of drug-likeness (QED) is 0.656. The van der Waals surface area contributed by atoms with Gasteiger partial charge in [-0.3, -0.25) is 9.59 Å². The lowest BCUT2D eigenvalue weighted by atomic mass is 10.2. The van der Waals surface area contributed by atoms with E-state index >= 15 is 0 Å². The summed E-state index contributed by atoms with van der Waals surface area (Å²) in [5.41, 5.74) is 1.32. The summed E-state index contributed by atoms with van der Waals surface area (Å²) in [6, 6.07) is 3.40. The van der Waals surface area contributed by atoms with Gasteiger partial charge in [0.15, 0.2) is 0 Å². The van der Waals surface area contributed by atoms with Crippen LogP contribution in [0.1, 0.15) is 23.0 Å². The highest BCUT2D eigenvalue weighted by atomic mass is 16.2. The average Bonchev–Trinajstić information content (AvgIpc) is 2.33. The van der Waals surface area contributed by atoms with Gasteiger partial charge in [-0.1, -0.05) is 0 Å². The van der Waals surface area contributed by atoms with Crippen LogP contribution < -0.4 is 16.0 Å².